The van der Waals surface area contributed by atoms with E-state index >= 15 is 0 Å². The number of benzene rings is 2. The van der Waals surface area contributed by atoms with Gasteiger partial charge in [-0.05, 0) is 55.3 Å². The molecule has 0 aliphatic carbocycles. The van der Waals surface area contributed by atoms with Gasteiger partial charge in [-0.1, -0.05) is 24.3 Å². The molecule has 1 aromatic heterocycles. The fourth-order valence-corrected chi connectivity index (χ4v) is 4.04. The summed E-state index contributed by atoms with van der Waals surface area (Å²) < 4.78 is 0. The van der Waals surface area contributed by atoms with E-state index in [-0.39, 0.29) is 11.9 Å². The van der Waals surface area contributed by atoms with E-state index < -0.39 is 0 Å². The summed E-state index contributed by atoms with van der Waals surface area (Å²) in [6.07, 6.45) is 4.45. The summed E-state index contributed by atoms with van der Waals surface area (Å²) in [5.74, 6) is 0.0137. The Morgan fingerprint density at radius 1 is 1.12 bits per heavy atom. The first-order valence-electron chi connectivity index (χ1n) is 11.0. The number of imidazole rings is 1. The highest BCUT2D eigenvalue weighted by Crippen LogP contribution is 2.19. The molecular weight excluding hydrogens is 400 g/mol. The van der Waals surface area contributed by atoms with Crippen molar-refractivity contribution in [3.63, 3.8) is 0 Å². The van der Waals surface area contributed by atoms with Gasteiger partial charge in [-0.2, -0.15) is 5.26 Å². The van der Waals surface area contributed by atoms with Crippen LogP contribution in [0.15, 0.2) is 61.1 Å². The van der Waals surface area contributed by atoms with Gasteiger partial charge < -0.3 is 10.3 Å². The molecular formula is C25H28N6O. The third-order valence-corrected chi connectivity index (χ3v) is 6.00. The summed E-state index contributed by atoms with van der Waals surface area (Å²) in [4.78, 5) is 24.7. The molecule has 2 heterocycles. The number of nitrogens with zero attached hydrogens (tertiary/aromatic N) is 4. The quantitative estimate of drug-likeness (QED) is 0.628. The predicted octanol–water partition coefficient (Wildman–Crippen LogP) is 3.48. The normalized spacial score (nSPS) is 16.1. The van der Waals surface area contributed by atoms with Gasteiger partial charge in [0.25, 0.3) is 0 Å². The zero-order chi connectivity index (χ0) is 22.3. The number of aromatic nitrogens is 2. The summed E-state index contributed by atoms with van der Waals surface area (Å²) in [5, 5.41) is 12.0. The van der Waals surface area contributed by atoms with Crippen molar-refractivity contribution in [1.82, 2.24) is 19.8 Å². The van der Waals surface area contributed by atoms with Crippen molar-refractivity contribution in [1.29, 1.82) is 5.26 Å². The van der Waals surface area contributed by atoms with Gasteiger partial charge in [0.15, 0.2) is 0 Å². The molecule has 0 saturated carbocycles. The molecule has 0 bridgehead atoms. The highest BCUT2D eigenvalue weighted by atomic mass is 16.2. The number of carbonyl (C=O) groups is 1. The zero-order valence-corrected chi connectivity index (χ0v) is 18.3. The lowest BCUT2D eigenvalue weighted by molar-refractivity contribution is -0.120. The Hall–Kier alpha value is -3.47. The second-order valence-corrected chi connectivity index (χ2v) is 8.18. The minimum Gasteiger partial charge on any atom is -0.345 e. The standard InChI is InChI=1S/C25H28N6O/c1-19(25(32)29-23-9-7-22(8-10-23)24-16-27-18-28-24)31-12-2-11-30(13-14-31)17-21-5-3-20(15-26)4-6-21/h3-10,16,18-19H,2,11-14,17H2,1H3,(H,27,28)(H,29,32)/t19-/m0/s1. The summed E-state index contributed by atoms with van der Waals surface area (Å²) in [6, 6.07) is 17.5. The lowest BCUT2D eigenvalue weighted by atomic mass is 10.1. The van der Waals surface area contributed by atoms with Crippen LogP contribution in [0.1, 0.15) is 24.5 Å². The zero-order valence-electron chi connectivity index (χ0n) is 18.3. The summed E-state index contributed by atoms with van der Waals surface area (Å²) in [6.45, 7) is 6.50. The Balaban J connectivity index is 1.29. The molecule has 1 aliphatic heterocycles. The van der Waals surface area contributed by atoms with Crippen LogP contribution in [0, 0.1) is 11.3 Å². The van der Waals surface area contributed by atoms with Crippen molar-refractivity contribution >= 4 is 11.6 Å². The van der Waals surface area contributed by atoms with Crippen LogP contribution in [0.4, 0.5) is 5.69 Å². The molecule has 1 atom stereocenters. The molecule has 3 aromatic rings. The molecule has 1 saturated heterocycles. The SMILES string of the molecule is C[C@@H](C(=O)Nc1ccc(-c2cnc[nH]2)cc1)N1CCCN(Cc2ccc(C#N)cc2)CC1. The van der Waals surface area contributed by atoms with E-state index in [9.17, 15) is 4.79 Å². The lowest BCUT2D eigenvalue weighted by Crippen LogP contribution is -2.43. The highest BCUT2D eigenvalue weighted by molar-refractivity contribution is 5.94. The predicted molar refractivity (Wildman–Crippen MR) is 125 cm³/mol. The number of hydrogen-bond donors (Lipinski definition) is 2. The van der Waals surface area contributed by atoms with Gasteiger partial charge in [-0.15, -0.1) is 0 Å². The molecule has 1 fully saturated rings. The molecule has 32 heavy (non-hydrogen) atoms. The van der Waals surface area contributed by atoms with Gasteiger partial charge >= 0.3 is 0 Å². The second-order valence-electron chi connectivity index (χ2n) is 8.18. The molecule has 2 N–H and O–H groups in total. The molecule has 7 nitrogen and oxygen atoms in total. The van der Waals surface area contributed by atoms with Gasteiger partial charge in [-0.3, -0.25) is 14.6 Å². The lowest BCUT2D eigenvalue weighted by Gasteiger charge is -2.27. The van der Waals surface area contributed by atoms with E-state index in [0.29, 0.717) is 5.56 Å². The van der Waals surface area contributed by atoms with Crippen LogP contribution >= 0.6 is 0 Å². The van der Waals surface area contributed by atoms with E-state index in [1.165, 1.54) is 5.56 Å². The van der Waals surface area contributed by atoms with Crippen LogP contribution in [0.5, 0.6) is 0 Å². The van der Waals surface area contributed by atoms with Crippen molar-refractivity contribution in [2.45, 2.75) is 25.9 Å². The molecule has 1 aliphatic rings. The van der Waals surface area contributed by atoms with Gasteiger partial charge in [-0.25, -0.2) is 4.98 Å². The number of aromatic amines is 1. The van der Waals surface area contributed by atoms with Gasteiger partial charge in [0.05, 0.1) is 35.9 Å². The molecule has 7 heteroatoms. The van der Waals surface area contributed by atoms with Crippen LogP contribution in [-0.2, 0) is 11.3 Å². The summed E-state index contributed by atoms with van der Waals surface area (Å²) in [7, 11) is 0. The fraction of sp³-hybridized carbons (Fsp3) is 0.320. The molecule has 0 spiro atoms. The van der Waals surface area contributed by atoms with Crippen LogP contribution < -0.4 is 5.32 Å². The number of anilines is 1. The van der Waals surface area contributed by atoms with Crippen LogP contribution in [0.25, 0.3) is 11.3 Å². The number of amides is 1. The number of H-pyrrole nitrogens is 1. The Bertz CT molecular complexity index is 1050. The van der Waals surface area contributed by atoms with Gasteiger partial charge in [0.2, 0.25) is 5.91 Å². The molecule has 4 rings (SSSR count). The second kappa shape index (κ2) is 10.2. The Kier molecular flexibility index (Phi) is 6.95. The minimum atomic E-state index is -0.197. The first-order chi connectivity index (χ1) is 15.6. The van der Waals surface area contributed by atoms with Crippen molar-refractivity contribution in [3.8, 4) is 17.3 Å². The third-order valence-electron chi connectivity index (χ3n) is 6.00. The Labute approximate surface area is 188 Å². The van der Waals surface area contributed by atoms with Gasteiger partial charge in [0, 0.05) is 31.9 Å². The van der Waals surface area contributed by atoms with Crippen molar-refractivity contribution in [2.24, 2.45) is 0 Å². The average Bonchev–Trinajstić information content (AvgIpc) is 3.26. The number of nitriles is 1. The maximum atomic E-state index is 12.9. The highest BCUT2D eigenvalue weighted by Gasteiger charge is 2.24. The first-order valence-corrected chi connectivity index (χ1v) is 11.0. The molecule has 1 amide bonds. The number of carbonyl (C=O) groups excluding carboxylic acids is 1. The van der Waals surface area contributed by atoms with Crippen LogP contribution in [-0.4, -0.2) is 57.9 Å². The maximum absolute atomic E-state index is 12.9. The van der Waals surface area contributed by atoms with E-state index in [2.05, 4.69) is 31.2 Å². The summed E-state index contributed by atoms with van der Waals surface area (Å²) in [5.41, 5.74) is 4.67. The van der Waals surface area contributed by atoms with Gasteiger partial charge in [0.1, 0.15) is 0 Å². The number of rotatable bonds is 6. The van der Waals surface area contributed by atoms with Crippen molar-refractivity contribution in [3.05, 3.63) is 72.2 Å². The van der Waals surface area contributed by atoms with E-state index in [0.717, 1.165) is 56.1 Å². The monoisotopic (exact) mass is 428 g/mol. The maximum Gasteiger partial charge on any atom is 0.241 e. The average molecular weight is 429 g/mol. The van der Waals surface area contributed by atoms with E-state index in [1.54, 1.807) is 12.5 Å². The topological polar surface area (TPSA) is 88.1 Å². The summed E-state index contributed by atoms with van der Waals surface area (Å²) >= 11 is 0. The smallest absolute Gasteiger partial charge is 0.241 e. The van der Waals surface area contributed by atoms with Crippen LogP contribution in [0.2, 0.25) is 0 Å². The minimum absolute atomic E-state index is 0.0137. The Morgan fingerprint density at radius 3 is 2.59 bits per heavy atom. The largest absolute Gasteiger partial charge is 0.345 e. The molecule has 164 valence electrons. The van der Waals surface area contributed by atoms with E-state index in [4.69, 9.17) is 5.26 Å². The molecule has 2 aromatic carbocycles. The molecule has 0 radical (unpaired) electrons. The first kappa shape index (κ1) is 21.8. The number of hydrogen-bond acceptors (Lipinski definition) is 5. The molecule has 0 unspecified atom stereocenters. The number of nitrogens with one attached hydrogen (secondary N) is 2. The van der Waals surface area contributed by atoms with E-state index in [1.807, 2.05) is 55.5 Å². The third kappa shape index (κ3) is 5.41. The van der Waals surface area contributed by atoms with Crippen molar-refractivity contribution < 1.29 is 4.79 Å². The Morgan fingerprint density at radius 2 is 1.91 bits per heavy atom. The fourth-order valence-electron chi connectivity index (χ4n) is 4.04. The van der Waals surface area contributed by atoms with Crippen LogP contribution in [0.3, 0.4) is 0 Å². The van der Waals surface area contributed by atoms with Crippen molar-refractivity contribution in [2.75, 3.05) is 31.5 Å².